The number of hydrogen-bond acceptors (Lipinski definition) is 0. The van der Waals surface area contributed by atoms with E-state index in [1.54, 1.807) is 5.69 Å². The maximum atomic E-state index is 2.40. The molecule has 0 radical (unpaired) electrons. The molecule has 32 heavy (non-hydrogen) atoms. The molecule has 1 rings (SSSR count). The van der Waals surface area contributed by atoms with Crippen LogP contribution in [0, 0.1) is 6.92 Å². The van der Waals surface area contributed by atoms with Crippen LogP contribution >= 0.6 is 0 Å². The van der Waals surface area contributed by atoms with Crippen molar-refractivity contribution in [2.24, 2.45) is 0 Å². The van der Waals surface area contributed by atoms with Gasteiger partial charge in [0.25, 0.3) is 0 Å². The molecule has 0 aromatic heterocycles. The Bertz CT molecular complexity index is 529. The Labute approximate surface area is 203 Å². The van der Waals surface area contributed by atoms with Crippen molar-refractivity contribution in [1.82, 2.24) is 4.48 Å². The van der Waals surface area contributed by atoms with Gasteiger partial charge < -0.3 is 0 Å². The van der Waals surface area contributed by atoms with E-state index in [4.69, 9.17) is 0 Å². The molecule has 0 unspecified atom stereocenters. The molecular weight excluding hydrogens is 386 g/mol. The zero-order chi connectivity index (χ0) is 23.3. The number of unbranched alkanes of at least 4 members (excludes halogenated alkanes) is 15. The van der Waals surface area contributed by atoms with Gasteiger partial charge in [0.05, 0.1) is 19.6 Å². The molecule has 0 N–H and O–H groups in total. The Morgan fingerprint density at radius 2 is 0.875 bits per heavy atom. The van der Waals surface area contributed by atoms with Crippen molar-refractivity contribution in [3.05, 3.63) is 29.8 Å². The first-order valence-electron chi connectivity index (χ1n) is 14.6. The molecular formula is C31H58N+. The van der Waals surface area contributed by atoms with Gasteiger partial charge in [-0.3, -0.25) is 4.48 Å². The normalized spacial score (nSPS) is 11.9. The molecule has 0 aliphatic rings. The molecule has 0 amide bonds. The molecule has 1 heteroatoms. The summed E-state index contributed by atoms with van der Waals surface area (Å²) in [7, 11) is 0. The highest BCUT2D eigenvalue weighted by molar-refractivity contribution is 5.49. The molecule has 1 nitrogen and oxygen atoms in total. The second-order valence-electron chi connectivity index (χ2n) is 10.4. The Hall–Kier alpha value is -0.820. The second kappa shape index (κ2) is 19.6. The molecule has 186 valence electrons. The zero-order valence-electron chi connectivity index (χ0n) is 22.6. The van der Waals surface area contributed by atoms with E-state index in [1.807, 2.05) is 0 Å². The zero-order valence-corrected chi connectivity index (χ0v) is 22.6. The maximum Gasteiger partial charge on any atom is 0.135 e. The van der Waals surface area contributed by atoms with Crippen LogP contribution < -0.4 is 4.48 Å². The monoisotopic (exact) mass is 444 g/mol. The summed E-state index contributed by atoms with van der Waals surface area (Å²) < 4.78 is 1.21. The van der Waals surface area contributed by atoms with Crippen molar-refractivity contribution in [3.8, 4) is 0 Å². The van der Waals surface area contributed by atoms with Gasteiger partial charge in [-0.2, -0.15) is 0 Å². The molecule has 0 heterocycles. The van der Waals surface area contributed by atoms with E-state index in [-0.39, 0.29) is 0 Å². The lowest BCUT2D eigenvalue weighted by molar-refractivity contribution is 0.264. The van der Waals surface area contributed by atoms with Crippen molar-refractivity contribution in [2.75, 3.05) is 19.6 Å². The van der Waals surface area contributed by atoms with Crippen molar-refractivity contribution in [2.45, 2.75) is 143 Å². The molecule has 0 saturated carbocycles. The summed E-state index contributed by atoms with van der Waals surface area (Å²) in [6, 6.07) is 9.14. The van der Waals surface area contributed by atoms with Crippen LogP contribution in [-0.4, -0.2) is 19.6 Å². The van der Waals surface area contributed by atoms with Gasteiger partial charge in [0.1, 0.15) is 5.69 Å². The predicted molar refractivity (Wildman–Crippen MR) is 148 cm³/mol. The maximum absolute atomic E-state index is 2.40. The lowest BCUT2D eigenvalue weighted by atomic mass is 10.0. The number of aryl methyl sites for hydroxylation is 1. The van der Waals surface area contributed by atoms with Crippen molar-refractivity contribution in [1.29, 1.82) is 0 Å². The Morgan fingerprint density at radius 3 is 1.28 bits per heavy atom. The van der Waals surface area contributed by atoms with Crippen LogP contribution in [-0.2, 0) is 0 Å². The largest absolute Gasteiger partial charge is 0.291 e. The third-order valence-corrected chi connectivity index (χ3v) is 7.37. The highest BCUT2D eigenvalue weighted by Crippen LogP contribution is 2.29. The summed E-state index contributed by atoms with van der Waals surface area (Å²) in [5, 5.41) is 0. The number of rotatable bonds is 22. The molecule has 0 fully saturated rings. The lowest BCUT2D eigenvalue weighted by Gasteiger charge is -2.39. The minimum Gasteiger partial charge on any atom is -0.291 e. The molecule has 1 aromatic carbocycles. The molecule has 1 aromatic rings. The van der Waals surface area contributed by atoms with Gasteiger partial charge in [-0.15, -0.1) is 0 Å². The fourth-order valence-electron chi connectivity index (χ4n) is 5.61. The summed E-state index contributed by atoms with van der Waals surface area (Å²) in [6.45, 7) is 13.2. The van der Waals surface area contributed by atoms with Crippen molar-refractivity contribution >= 4 is 5.69 Å². The fourth-order valence-corrected chi connectivity index (χ4v) is 5.61. The quantitative estimate of drug-likeness (QED) is 0.123. The SMILES string of the molecule is CCCCCCCCCCCCCCCCCC[N+](CCC)(CCC)c1ccccc1C. The van der Waals surface area contributed by atoms with Crippen molar-refractivity contribution < 1.29 is 0 Å². The van der Waals surface area contributed by atoms with Gasteiger partial charge >= 0.3 is 0 Å². The number of para-hydroxylation sites is 1. The summed E-state index contributed by atoms with van der Waals surface area (Å²) in [4.78, 5) is 0. The van der Waals surface area contributed by atoms with E-state index in [2.05, 4.69) is 52.0 Å². The Balaban J connectivity index is 2.13. The van der Waals surface area contributed by atoms with Crippen LogP contribution in [0.1, 0.15) is 142 Å². The highest BCUT2D eigenvalue weighted by atomic mass is 15.4. The smallest absolute Gasteiger partial charge is 0.135 e. The average molecular weight is 445 g/mol. The molecule has 0 spiro atoms. The van der Waals surface area contributed by atoms with Gasteiger partial charge in [0.2, 0.25) is 0 Å². The third-order valence-electron chi connectivity index (χ3n) is 7.37. The molecule has 0 bridgehead atoms. The molecule has 0 aliphatic heterocycles. The first kappa shape index (κ1) is 29.2. The topological polar surface area (TPSA) is 0 Å². The lowest BCUT2D eigenvalue weighted by Crippen LogP contribution is -2.51. The molecule has 0 aliphatic carbocycles. The van der Waals surface area contributed by atoms with E-state index in [9.17, 15) is 0 Å². The van der Waals surface area contributed by atoms with E-state index >= 15 is 0 Å². The minimum atomic E-state index is 1.21. The van der Waals surface area contributed by atoms with Crippen LogP contribution in [0.3, 0.4) is 0 Å². The van der Waals surface area contributed by atoms with Crippen molar-refractivity contribution in [3.63, 3.8) is 0 Å². The van der Waals surface area contributed by atoms with Crippen LogP contribution in [0.5, 0.6) is 0 Å². The summed E-state index contributed by atoms with van der Waals surface area (Å²) in [5.41, 5.74) is 3.06. The van der Waals surface area contributed by atoms with E-state index in [1.165, 1.54) is 145 Å². The van der Waals surface area contributed by atoms with Gasteiger partial charge in [-0.1, -0.05) is 129 Å². The van der Waals surface area contributed by atoms with E-state index < -0.39 is 0 Å². The summed E-state index contributed by atoms with van der Waals surface area (Å²) in [5.74, 6) is 0. The van der Waals surface area contributed by atoms with Crippen LogP contribution in [0.4, 0.5) is 5.69 Å². The first-order chi connectivity index (χ1) is 15.7. The Morgan fingerprint density at radius 1 is 0.469 bits per heavy atom. The third kappa shape index (κ3) is 12.4. The number of nitrogens with zero attached hydrogens (tertiary/aromatic N) is 1. The van der Waals surface area contributed by atoms with E-state index in [0.717, 1.165) is 0 Å². The fraction of sp³-hybridized carbons (Fsp3) is 0.806. The van der Waals surface area contributed by atoms with Gasteiger partial charge in [0, 0.05) is 5.56 Å². The number of quaternary nitrogens is 1. The Kier molecular flexibility index (Phi) is 17.9. The second-order valence-corrected chi connectivity index (χ2v) is 10.4. The standard InChI is InChI=1S/C31H58N/c1-5-8-9-10-11-12-13-14-15-16-17-18-19-20-21-24-29-32(27-6-2,28-7-3)31-26-23-22-25-30(31)4/h22-23,25-26H,5-21,24,27-29H2,1-4H3/q+1. The summed E-state index contributed by atoms with van der Waals surface area (Å²) >= 11 is 0. The number of hydrogen-bond donors (Lipinski definition) is 0. The van der Waals surface area contributed by atoms with Gasteiger partial charge in [-0.25, -0.2) is 0 Å². The molecule has 0 atom stereocenters. The van der Waals surface area contributed by atoms with Gasteiger partial charge in [-0.05, 0) is 38.7 Å². The van der Waals surface area contributed by atoms with Crippen LogP contribution in [0.15, 0.2) is 24.3 Å². The van der Waals surface area contributed by atoms with E-state index in [0.29, 0.717) is 0 Å². The van der Waals surface area contributed by atoms with Crippen LogP contribution in [0.25, 0.3) is 0 Å². The van der Waals surface area contributed by atoms with Gasteiger partial charge in [0.15, 0.2) is 0 Å². The minimum absolute atomic E-state index is 1.21. The number of benzene rings is 1. The first-order valence-corrected chi connectivity index (χ1v) is 14.6. The average Bonchev–Trinajstić information content (AvgIpc) is 2.79. The van der Waals surface area contributed by atoms with Crippen LogP contribution in [0.2, 0.25) is 0 Å². The molecule has 0 saturated heterocycles. The highest BCUT2D eigenvalue weighted by Gasteiger charge is 2.29. The summed E-state index contributed by atoms with van der Waals surface area (Å²) in [6.07, 6.45) is 25.7. The predicted octanol–water partition coefficient (Wildman–Crippen LogP) is 10.4.